The molecule has 0 fully saturated rings. The second-order valence-electron chi connectivity index (χ2n) is 6.00. The smallest absolute Gasteiger partial charge is 0.220 e. The molecule has 0 spiro atoms. The molecule has 1 atom stereocenters. The number of rotatable bonds is 7. The summed E-state index contributed by atoms with van der Waals surface area (Å²) in [6.45, 7) is 6.06. The molecule has 4 heteroatoms. The van der Waals surface area contributed by atoms with Crippen molar-refractivity contribution in [1.29, 1.82) is 0 Å². The Bertz CT molecular complexity index is 441. The number of nitrogens with one attached hydrogen (secondary N) is 1. The number of hydrogen-bond donors (Lipinski definition) is 3. The number of carbonyl (C=O) groups is 1. The van der Waals surface area contributed by atoms with Crippen LogP contribution in [0, 0.1) is 5.92 Å². The van der Waals surface area contributed by atoms with E-state index in [1.165, 1.54) is 0 Å². The van der Waals surface area contributed by atoms with Gasteiger partial charge in [-0.15, -0.1) is 0 Å². The highest BCUT2D eigenvalue weighted by atomic mass is 16.3. The normalized spacial score (nSPS) is 14.1. The summed E-state index contributed by atoms with van der Waals surface area (Å²) in [6, 6.07) is 7.00. The van der Waals surface area contributed by atoms with Gasteiger partial charge in [-0.05, 0) is 37.3 Å². The number of carbonyl (C=O) groups excluding carboxylic acids is 1. The molecule has 0 saturated carbocycles. The zero-order valence-corrected chi connectivity index (χ0v) is 12.5. The van der Waals surface area contributed by atoms with Crippen LogP contribution in [0.2, 0.25) is 0 Å². The molecule has 20 heavy (non-hydrogen) atoms. The van der Waals surface area contributed by atoms with Gasteiger partial charge < -0.3 is 15.5 Å². The first-order valence-electron chi connectivity index (χ1n) is 7.06. The van der Waals surface area contributed by atoms with Gasteiger partial charge in [-0.3, -0.25) is 4.79 Å². The molecule has 1 rings (SSSR count). The van der Waals surface area contributed by atoms with Crippen LogP contribution >= 0.6 is 0 Å². The minimum absolute atomic E-state index is 0.114. The largest absolute Gasteiger partial charge is 0.508 e. The van der Waals surface area contributed by atoms with E-state index < -0.39 is 5.60 Å². The number of benzene rings is 1. The third kappa shape index (κ3) is 6.06. The maximum Gasteiger partial charge on any atom is 0.220 e. The van der Waals surface area contributed by atoms with E-state index in [1.807, 2.05) is 19.9 Å². The average molecular weight is 279 g/mol. The van der Waals surface area contributed by atoms with Crippen LogP contribution in [0.3, 0.4) is 0 Å². The lowest BCUT2D eigenvalue weighted by Crippen LogP contribution is -2.41. The second-order valence-corrected chi connectivity index (χ2v) is 6.00. The van der Waals surface area contributed by atoms with E-state index >= 15 is 0 Å². The summed E-state index contributed by atoms with van der Waals surface area (Å²) >= 11 is 0. The van der Waals surface area contributed by atoms with Gasteiger partial charge in [0.1, 0.15) is 5.75 Å². The SMILES string of the molecule is CC(C)CC(C)(O)CNC(=O)CCc1ccccc1O. The first kappa shape index (κ1) is 16.5. The molecular formula is C16H25NO3. The number of aryl methyl sites for hydroxylation is 1. The Morgan fingerprint density at radius 2 is 2.00 bits per heavy atom. The highest BCUT2D eigenvalue weighted by Gasteiger charge is 2.22. The highest BCUT2D eigenvalue weighted by Crippen LogP contribution is 2.17. The lowest BCUT2D eigenvalue weighted by Gasteiger charge is -2.25. The highest BCUT2D eigenvalue weighted by molar-refractivity contribution is 5.76. The topological polar surface area (TPSA) is 69.6 Å². The van der Waals surface area contributed by atoms with Gasteiger partial charge >= 0.3 is 0 Å². The predicted octanol–water partition coefficient (Wildman–Crippen LogP) is 2.24. The quantitative estimate of drug-likeness (QED) is 0.717. The van der Waals surface area contributed by atoms with Gasteiger partial charge in [0, 0.05) is 13.0 Å². The van der Waals surface area contributed by atoms with Crippen LogP contribution in [0.15, 0.2) is 24.3 Å². The second kappa shape index (κ2) is 7.29. The third-order valence-electron chi connectivity index (χ3n) is 3.13. The number of aromatic hydroxyl groups is 1. The maximum atomic E-state index is 11.8. The fourth-order valence-electron chi connectivity index (χ4n) is 2.30. The summed E-state index contributed by atoms with van der Waals surface area (Å²) in [4.78, 5) is 11.8. The minimum atomic E-state index is -0.876. The van der Waals surface area contributed by atoms with Gasteiger partial charge in [-0.1, -0.05) is 32.0 Å². The predicted molar refractivity (Wildman–Crippen MR) is 79.5 cm³/mol. The lowest BCUT2D eigenvalue weighted by atomic mass is 9.94. The maximum absolute atomic E-state index is 11.8. The van der Waals surface area contributed by atoms with Crippen molar-refractivity contribution in [3.05, 3.63) is 29.8 Å². The van der Waals surface area contributed by atoms with Gasteiger partial charge in [0.25, 0.3) is 0 Å². The van der Waals surface area contributed by atoms with Crippen molar-refractivity contribution in [2.75, 3.05) is 6.54 Å². The molecule has 0 aliphatic rings. The fraction of sp³-hybridized carbons (Fsp3) is 0.562. The molecule has 1 unspecified atom stereocenters. The van der Waals surface area contributed by atoms with Crippen molar-refractivity contribution >= 4 is 5.91 Å². The van der Waals surface area contributed by atoms with Crippen molar-refractivity contribution in [2.45, 2.75) is 45.6 Å². The van der Waals surface area contributed by atoms with Crippen LogP contribution < -0.4 is 5.32 Å². The van der Waals surface area contributed by atoms with Crippen molar-refractivity contribution in [3.63, 3.8) is 0 Å². The van der Waals surface area contributed by atoms with Crippen LogP contribution in [0.1, 0.15) is 39.2 Å². The van der Waals surface area contributed by atoms with Crippen LogP contribution in [0.4, 0.5) is 0 Å². The summed E-state index contributed by atoms with van der Waals surface area (Å²) in [6.07, 6.45) is 1.44. The monoisotopic (exact) mass is 279 g/mol. The molecule has 0 heterocycles. The van der Waals surface area contributed by atoms with Gasteiger partial charge in [0.15, 0.2) is 0 Å². The summed E-state index contributed by atoms with van der Waals surface area (Å²) in [5.41, 5.74) is -0.116. The summed E-state index contributed by atoms with van der Waals surface area (Å²) in [5.74, 6) is 0.479. The number of phenolic OH excluding ortho intramolecular Hbond substituents is 1. The van der Waals surface area contributed by atoms with Gasteiger partial charge in [0.05, 0.1) is 5.60 Å². The first-order chi connectivity index (χ1) is 9.30. The molecule has 1 aromatic carbocycles. The van der Waals surface area contributed by atoms with E-state index in [0.717, 1.165) is 5.56 Å². The molecule has 0 aliphatic carbocycles. The molecule has 1 amide bonds. The molecule has 0 radical (unpaired) electrons. The zero-order valence-electron chi connectivity index (χ0n) is 12.5. The Hall–Kier alpha value is -1.55. The molecule has 0 aliphatic heterocycles. The zero-order chi connectivity index (χ0) is 15.2. The summed E-state index contributed by atoms with van der Waals surface area (Å²) < 4.78 is 0. The Morgan fingerprint density at radius 3 is 2.60 bits per heavy atom. The number of para-hydroxylation sites is 1. The number of hydrogen-bond acceptors (Lipinski definition) is 3. The number of amides is 1. The van der Waals surface area contributed by atoms with Gasteiger partial charge in [-0.25, -0.2) is 0 Å². The van der Waals surface area contributed by atoms with Crippen molar-refractivity contribution in [3.8, 4) is 5.75 Å². The van der Waals surface area contributed by atoms with Crippen molar-refractivity contribution < 1.29 is 15.0 Å². The summed E-state index contributed by atoms with van der Waals surface area (Å²) in [7, 11) is 0. The van der Waals surface area contributed by atoms with Crippen molar-refractivity contribution in [1.82, 2.24) is 5.32 Å². The summed E-state index contributed by atoms with van der Waals surface area (Å²) in [5, 5.41) is 22.5. The molecule has 0 saturated heterocycles. The van der Waals surface area contributed by atoms with Gasteiger partial charge in [0.2, 0.25) is 5.91 Å². The third-order valence-corrected chi connectivity index (χ3v) is 3.13. The van der Waals surface area contributed by atoms with E-state index in [0.29, 0.717) is 25.2 Å². The minimum Gasteiger partial charge on any atom is -0.508 e. The molecule has 112 valence electrons. The van der Waals surface area contributed by atoms with E-state index in [2.05, 4.69) is 5.32 Å². The van der Waals surface area contributed by atoms with Crippen LogP contribution in [-0.2, 0) is 11.2 Å². The molecule has 0 bridgehead atoms. The van der Waals surface area contributed by atoms with Crippen LogP contribution in [-0.4, -0.2) is 28.3 Å². The van der Waals surface area contributed by atoms with E-state index in [4.69, 9.17) is 0 Å². The Morgan fingerprint density at radius 1 is 1.35 bits per heavy atom. The van der Waals surface area contributed by atoms with E-state index in [9.17, 15) is 15.0 Å². The molecule has 4 nitrogen and oxygen atoms in total. The average Bonchev–Trinajstić information content (AvgIpc) is 2.34. The standard InChI is InChI=1S/C16H25NO3/c1-12(2)10-16(3,20)11-17-15(19)9-8-13-6-4-5-7-14(13)18/h4-7,12,18,20H,8-11H2,1-3H3,(H,17,19). The molecule has 0 aromatic heterocycles. The van der Waals surface area contributed by atoms with Crippen molar-refractivity contribution in [2.24, 2.45) is 5.92 Å². The number of aliphatic hydroxyl groups is 1. The number of phenols is 1. The fourth-order valence-corrected chi connectivity index (χ4v) is 2.30. The first-order valence-corrected chi connectivity index (χ1v) is 7.06. The molecule has 3 N–H and O–H groups in total. The van der Waals surface area contributed by atoms with Crippen LogP contribution in [0.5, 0.6) is 5.75 Å². The molecular weight excluding hydrogens is 254 g/mol. The lowest BCUT2D eigenvalue weighted by molar-refractivity contribution is -0.122. The van der Waals surface area contributed by atoms with Gasteiger partial charge in [-0.2, -0.15) is 0 Å². The molecule has 1 aromatic rings. The Kier molecular flexibility index (Phi) is 6.02. The van der Waals surface area contributed by atoms with E-state index in [1.54, 1.807) is 25.1 Å². The Labute approximate surface area is 120 Å². The van der Waals surface area contributed by atoms with Crippen LogP contribution in [0.25, 0.3) is 0 Å². The van der Waals surface area contributed by atoms with E-state index in [-0.39, 0.29) is 18.2 Å². The Balaban J connectivity index is 2.36.